The second kappa shape index (κ2) is 53.5. The molecule has 0 radical (unpaired) electrons. The Bertz CT molecular complexity index is 1230. The molecule has 0 aliphatic carbocycles. The summed E-state index contributed by atoms with van der Waals surface area (Å²) in [7, 11) is 0. The predicted molar refractivity (Wildman–Crippen MR) is 279 cm³/mol. The molecule has 0 amide bonds. The van der Waals surface area contributed by atoms with Gasteiger partial charge in [-0.2, -0.15) is 0 Å². The third-order valence-corrected chi connectivity index (χ3v) is 11.7. The average molecular weight is 907 g/mol. The highest BCUT2D eigenvalue weighted by molar-refractivity contribution is 5.71. The lowest BCUT2D eigenvalue weighted by Crippen LogP contribution is -2.30. The molecule has 0 saturated carbocycles. The number of hydrogen-bond donors (Lipinski definition) is 0. The van der Waals surface area contributed by atoms with Crippen LogP contribution in [0.4, 0.5) is 0 Å². The molecule has 0 aliphatic rings. The van der Waals surface area contributed by atoms with Gasteiger partial charge in [0, 0.05) is 19.3 Å². The Morgan fingerprint density at radius 2 is 0.600 bits per heavy atom. The Morgan fingerprint density at radius 3 is 0.938 bits per heavy atom. The van der Waals surface area contributed by atoms with Gasteiger partial charge in [-0.25, -0.2) is 0 Å². The SMILES string of the molecule is CC/C=C\C/C=C\C/C=C\C/C=C\C/C=C\C/C=C\CCCCC(=O)OCC(COC(=O)CCCCCCCCCC)OC(=O)CCCCCCCCCCCCCCCCCCCC. The highest BCUT2D eigenvalue weighted by Gasteiger charge is 2.19. The molecular weight excluding hydrogens is 805 g/mol. The first-order valence-electron chi connectivity index (χ1n) is 27.4. The Hall–Kier alpha value is -3.15. The zero-order valence-corrected chi connectivity index (χ0v) is 42.7. The molecule has 65 heavy (non-hydrogen) atoms. The maximum absolute atomic E-state index is 12.8. The summed E-state index contributed by atoms with van der Waals surface area (Å²) in [5, 5.41) is 0. The molecule has 0 aromatic heterocycles. The lowest BCUT2D eigenvalue weighted by molar-refractivity contribution is -0.167. The van der Waals surface area contributed by atoms with Crippen LogP contribution in [0.3, 0.4) is 0 Å². The van der Waals surface area contributed by atoms with E-state index >= 15 is 0 Å². The second-order valence-electron chi connectivity index (χ2n) is 18.1. The maximum Gasteiger partial charge on any atom is 0.306 e. The number of ether oxygens (including phenoxy) is 3. The monoisotopic (exact) mass is 907 g/mol. The minimum absolute atomic E-state index is 0.0866. The smallest absolute Gasteiger partial charge is 0.306 e. The van der Waals surface area contributed by atoms with Crippen LogP contribution >= 0.6 is 0 Å². The van der Waals surface area contributed by atoms with Crippen LogP contribution in [0.1, 0.15) is 265 Å². The molecule has 0 N–H and O–H groups in total. The predicted octanol–water partition coefficient (Wildman–Crippen LogP) is 18.2. The number of unbranched alkanes of at least 4 members (excludes halogenated alkanes) is 26. The van der Waals surface area contributed by atoms with Gasteiger partial charge in [-0.3, -0.25) is 14.4 Å². The molecule has 0 spiro atoms. The van der Waals surface area contributed by atoms with Gasteiger partial charge in [0.25, 0.3) is 0 Å². The van der Waals surface area contributed by atoms with Crippen LogP contribution in [0, 0.1) is 0 Å². The van der Waals surface area contributed by atoms with Crippen molar-refractivity contribution in [2.24, 2.45) is 0 Å². The van der Waals surface area contributed by atoms with E-state index < -0.39 is 6.10 Å². The number of allylic oxidation sites excluding steroid dienone is 12. The number of esters is 3. The molecule has 374 valence electrons. The maximum atomic E-state index is 12.8. The zero-order chi connectivity index (χ0) is 47.2. The summed E-state index contributed by atoms with van der Waals surface area (Å²) >= 11 is 0. The minimum Gasteiger partial charge on any atom is -0.462 e. The van der Waals surface area contributed by atoms with Gasteiger partial charge in [0.1, 0.15) is 13.2 Å². The Balaban J connectivity index is 4.33. The normalized spacial score (nSPS) is 12.6. The molecule has 0 rings (SSSR count). The van der Waals surface area contributed by atoms with E-state index in [9.17, 15) is 14.4 Å². The summed E-state index contributed by atoms with van der Waals surface area (Å²) in [5.41, 5.74) is 0. The quantitative estimate of drug-likeness (QED) is 0.0262. The van der Waals surface area contributed by atoms with Gasteiger partial charge in [-0.05, 0) is 70.6 Å². The topological polar surface area (TPSA) is 78.9 Å². The third-order valence-electron chi connectivity index (χ3n) is 11.7. The fourth-order valence-corrected chi connectivity index (χ4v) is 7.62. The van der Waals surface area contributed by atoms with E-state index in [0.717, 1.165) is 96.3 Å². The summed E-state index contributed by atoms with van der Waals surface area (Å²) in [4.78, 5) is 37.9. The van der Waals surface area contributed by atoms with Crippen LogP contribution in [0.15, 0.2) is 72.9 Å². The summed E-state index contributed by atoms with van der Waals surface area (Å²) in [6, 6.07) is 0. The molecular formula is C59H102O6. The first-order valence-corrected chi connectivity index (χ1v) is 27.4. The van der Waals surface area contributed by atoms with Crippen LogP contribution in [0.2, 0.25) is 0 Å². The van der Waals surface area contributed by atoms with Crippen molar-refractivity contribution in [3.8, 4) is 0 Å². The van der Waals surface area contributed by atoms with Crippen LogP contribution in [0.5, 0.6) is 0 Å². The molecule has 0 aromatic rings. The van der Waals surface area contributed by atoms with Gasteiger partial charge >= 0.3 is 17.9 Å². The van der Waals surface area contributed by atoms with E-state index in [1.54, 1.807) is 0 Å². The van der Waals surface area contributed by atoms with Crippen molar-refractivity contribution in [3.05, 3.63) is 72.9 Å². The van der Waals surface area contributed by atoms with Gasteiger partial charge in [0.2, 0.25) is 0 Å². The Kier molecular flexibility index (Phi) is 50.9. The van der Waals surface area contributed by atoms with Crippen LogP contribution in [0.25, 0.3) is 0 Å². The fourth-order valence-electron chi connectivity index (χ4n) is 7.62. The number of carbonyl (C=O) groups is 3. The van der Waals surface area contributed by atoms with Crippen molar-refractivity contribution in [2.45, 2.75) is 271 Å². The van der Waals surface area contributed by atoms with Crippen molar-refractivity contribution in [2.75, 3.05) is 13.2 Å². The number of hydrogen-bond acceptors (Lipinski definition) is 6. The van der Waals surface area contributed by atoms with Crippen LogP contribution < -0.4 is 0 Å². The van der Waals surface area contributed by atoms with Crippen molar-refractivity contribution in [1.82, 2.24) is 0 Å². The molecule has 0 bridgehead atoms. The number of carbonyl (C=O) groups excluding carboxylic acids is 3. The highest BCUT2D eigenvalue weighted by Crippen LogP contribution is 2.16. The van der Waals surface area contributed by atoms with Crippen molar-refractivity contribution < 1.29 is 28.6 Å². The molecule has 6 heteroatoms. The zero-order valence-electron chi connectivity index (χ0n) is 42.7. The lowest BCUT2D eigenvalue weighted by Gasteiger charge is -2.18. The molecule has 0 aromatic carbocycles. The molecule has 0 saturated heterocycles. The second-order valence-corrected chi connectivity index (χ2v) is 18.1. The van der Waals surface area contributed by atoms with E-state index in [2.05, 4.69) is 93.7 Å². The number of rotatable bonds is 49. The van der Waals surface area contributed by atoms with Gasteiger partial charge in [-0.1, -0.05) is 248 Å². The van der Waals surface area contributed by atoms with E-state index in [-0.39, 0.29) is 31.1 Å². The van der Waals surface area contributed by atoms with Gasteiger partial charge in [-0.15, -0.1) is 0 Å². The van der Waals surface area contributed by atoms with E-state index in [1.807, 2.05) is 0 Å². The van der Waals surface area contributed by atoms with Crippen molar-refractivity contribution in [3.63, 3.8) is 0 Å². The lowest BCUT2D eigenvalue weighted by atomic mass is 10.0. The van der Waals surface area contributed by atoms with Gasteiger partial charge in [0.15, 0.2) is 6.10 Å². The standard InChI is InChI=1S/C59H102O6/c1-4-7-10-13-16-19-21-23-25-27-29-30-31-33-34-36-38-40-43-46-49-52-58(61)64-55-56(54-63-57(60)51-48-45-42-18-15-12-9-6-3)65-59(62)53-50-47-44-41-39-37-35-32-28-26-24-22-20-17-14-11-8-5-2/h7,10,16,19,23,25,29-30,33-34,38,40,56H,4-6,8-9,11-15,17-18,20-22,24,26-28,31-32,35-37,39,41-55H2,1-3H3/b10-7-,19-16-,25-23-,30-29-,34-33-,40-38-. The molecule has 0 aliphatic heterocycles. The Morgan fingerprint density at radius 1 is 0.323 bits per heavy atom. The largest absolute Gasteiger partial charge is 0.462 e. The molecule has 1 unspecified atom stereocenters. The summed E-state index contributed by atoms with van der Waals surface area (Å²) < 4.78 is 16.8. The molecule has 0 fully saturated rings. The van der Waals surface area contributed by atoms with Crippen LogP contribution in [-0.2, 0) is 28.6 Å². The van der Waals surface area contributed by atoms with E-state index in [0.29, 0.717) is 19.3 Å². The molecule has 1 atom stereocenters. The van der Waals surface area contributed by atoms with Gasteiger partial charge in [0.05, 0.1) is 0 Å². The average Bonchev–Trinajstić information content (AvgIpc) is 3.30. The molecule has 6 nitrogen and oxygen atoms in total. The summed E-state index contributed by atoms with van der Waals surface area (Å²) in [6.07, 6.45) is 67.6. The van der Waals surface area contributed by atoms with E-state index in [1.165, 1.54) is 128 Å². The molecule has 0 heterocycles. The van der Waals surface area contributed by atoms with Crippen LogP contribution in [-0.4, -0.2) is 37.2 Å². The third kappa shape index (κ3) is 51.7. The first kappa shape index (κ1) is 61.9. The van der Waals surface area contributed by atoms with Gasteiger partial charge < -0.3 is 14.2 Å². The van der Waals surface area contributed by atoms with Crippen molar-refractivity contribution >= 4 is 17.9 Å². The summed E-state index contributed by atoms with van der Waals surface area (Å²) in [5.74, 6) is -0.929. The fraction of sp³-hybridized carbons (Fsp3) is 0.746. The van der Waals surface area contributed by atoms with Crippen molar-refractivity contribution in [1.29, 1.82) is 0 Å². The highest BCUT2D eigenvalue weighted by atomic mass is 16.6. The minimum atomic E-state index is -0.789. The van der Waals surface area contributed by atoms with E-state index in [4.69, 9.17) is 14.2 Å². The Labute approximate surface area is 402 Å². The first-order chi connectivity index (χ1) is 32.0. The summed E-state index contributed by atoms with van der Waals surface area (Å²) in [6.45, 7) is 6.48.